The molecule has 2 aromatic carbocycles. The van der Waals surface area contributed by atoms with Crippen molar-refractivity contribution in [2.45, 2.75) is 36.8 Å². The van der Waals surface area contributed by atoms with E-state index < -0.39 is 20.0 Å². The largest absolute Gasteiger partial charge is 0.243 e. The molecule has 0 aliphatic carbocycles. The Morgan fingerprint density at radius 2 is 1.28 bits per heavy atom. The minimum atomic E-state index is -3.64. The van der Waals surface area contributed by atoms with Crippen molar-refractivity contribution < 1.29 is 16.8 Å². The topological polar surface area (TPSA) is 74.8 Å². The highest BCUT2D eigenvalue weighted by Gasteiger charge is 2.33. The van der Waals surface area contributed by atoms with Crippen molar-refractivity contribution in [3.63, 3.8) is 0 Å². The second-order valence-electron chi connectivity index (χ2n) is 8.32. The maximum Gasteiger partial charge on any atom is 0.243 e. The number of hydrogen-bond donors (Lipinski definition) is 0. The lowest BCUT2D eigenvalue weighted by atomic mass is 9.87. The summed E-state index contributed by atoms with van der Waals surface area (Å²) in [4.78, 5) is 0.242. The van der Waals surface area contributed by atoms with Crippen LogP contribution in [0.3, 0.4) is 0 Å². The van der Waals surface area contributed by atoms with Crippen molar-refractivity contribution in [2.24, 2.45) is 0 Å². The van der Waals surface area contributed by atoms with Gasteiger partial charge in [-0.05, 0) is 28.7 Å². The zero-order valence-electron chi connectivity index (χ0n) is 17.1. The number of benzene rings is 2. The monoisotopic (exact) mass is 436 g/mol. The Morgan fingerprint density at radius 1 is 0.759 bits per heavy atom. The van der Waals surface area contributed by atoms with E-state index in [0.717, 1.165) is 11.1 Å². The van der Waals surface area contributed by atoms with Crippen LogP contribution in [0.25, 0.3) is 0 Å². The standard InChI is InChI=1S/C21H28N2O4S2/c1-21(2,3)19-9-11-20(12-10-19)29(26,27)23-15-13-22(14-16-23)28(24,25)17-18-7-5-4-6-8-18/h4-12H,13-17H2,1-3H3. The van der Waals surface area contributed by atoms with Gasteiger partial charge >= 0.3 is 0 Å². The highest BCUT2D eigenvalue weighted by atomic mass is 32.2. The van der Waals surface area contributed by atoms with E-state index >= 15 is 0 Å². The van der Waals surface area contributed by atoms with Crippen LogP contribution in [0.15, 0.2) is 59.5 Å². The van der Waals surface area contributed by atoms with Gasteiger partial charge in [-0.2, -0.15) is 8.61 Å². The molecular formula is C21H28N2O4S2. The zero-order chi connectivity index (χ0) is 21.3. The van der Waals surface area contributed by atoms with Crippen LogP contribution in [0.5, 0.6) is 0 Å². The van der Waals surface area contributed by atoms with Crippen LogP contribution in [-0.4, -0.2) is 51.6 Å². The minimum absolute atomic E-state index is 0.0545. The van der Waals surface area contributed by atoms with Gasteiger partial charge in [0, 0.05) is 26.2 Å². The van der Waals surface area contributed by atoms with Crippen LogP contribution in [0, 0.1) is 0 Å². The Balaban J connectivity index is 1.68. The minimum Gasteiger partial charge on any atom is -0.212 e. The normalized spacial score (nSPS) is 17.3. The molecule has 8 heteroatoms. The van der Waals surface area contributed by atoms with Crippen molar-refractivity contribution >= 4 is 20.0 Å². The number of nitrogens with zero attached hydrogens (tertiary/aromatic N) is 2. The second-order valence-corrected chi connectivity index (χ2v) is 12.2. The lowest BCUT2D eigenvalue weighted by Crippen LogP contribution is -2.50. The summed E-state index contributed by atoms with van der Waals surface area (Å²) in [6.45, 7) is 6.85. The molecule has 3 rings (SSSR count). The number of piperazine rings is 1. The first-order valence-electron chi connectivity index (χ1n) is 9.63. The molecule has 0 amide bonds. The van der Waals surface area contributed by atoms with Crippen molar-refractivity contribution in [3.8, 4) is 0 Å². The van der Waals surface area contributed by atoms with Crippen molar-refractivity contribution in [2.75, 3.05) is 26.2 Å². The van der Waals surface area contributed by atoms with Gasteiger partial charge in [-0.1, -0.05) is 63.2 Å². The van der Waals surface area contributed by atoms with Gasteiger partial charge in [0.1, 0.15) is 0 Å². The third-order valence-electron chi connectivity index (χ3n) is 5.14. The molecule has 0 radical (unpaired) electrons. The maximum absolute atomic E-state index is 13.0. The average Bonchev–Trinajstić information content (AvgIpc) is 2.68. The molecule has 6 nitrogen and oxygen atoms in total. The summed E-state index contributed by atoms with van der Waals surface area (Å²) in [7, 11) is -7.12. The van der Waals surface area contributed by atoms with E-state index in [1.165, 1.54) is 8.61 Å². The summed E-state index contributed by atoms with van der Waals surface area (Å²) < 4.78 is 54.0. The SMILES string of the molecule is CC(C)(C)c1ccc(S(=O)(=O)N2CCN(S(=O)(=O)Cc3ccccc3)CC2)cc1. The Labute approximate surface area is 174 Å². The molecule has 2 aromatic rings. The predicted octanol–water partition coefficient (Wildman–Crippen LogP) is 2.82. The summed E-state index contributed by atoms with van der Waals surface area (Å²) in [5, 5.41) is 0. The van der Waals surface area contributed by atoms with Gasteiger partial charge in [0.25, 0.3) is 0 Å². The predicted molar refractivity (Wildman–Crippen MR) is 115 cm³/mol. The van der Waals surface area contributed by atoms with Crippen LogP contribution < -0.4 is 0 Å². The van der Waals surface area contributed by atoms with E-state index in [-0.39, 0.29) is 42.2 Å². The Morgan fingerprint density at radius 3 is 1.79 bits per heavy atom. The van der Waals surface area contributed by atoms with E-state index in [1.54, 1.807) is 36.4 Å². The summed E-state index contributed by atoms with van der Waals surface area (Å²) >= 11 is 0. The van der Waals surface area contributed by atoms with Gasteiger partial charge in [0.2, 0.25) is 20.0 Å². The van der Waals surface area contributed by atoms with Gasteiger partial charge in [-0.25, -0.2) is 16.8 Å². The lowest BCUT2D eigenvalue weighted by Gasteiger charge is -2.33. The van der Waals surface area contributed by atoms with E-state index in [0.29, 0.717) is 0 Å². The molecule has 0 bridgehead atoms. The van der Waals surface area contributed by atoms with E-state index in [9.17, 15) is 16.8 Å². The fourth-order valence-electron chi connectivity index (χ4n) is 3.34. The van der Waals surface area contributed by atoms with Crippen LogP contribution in [-0.2, 0) is 31.2 Å². The lowest BCUT2D eigenvalue weighted by molar-refractivity contribution is 0.272. The van der Waals surface area contributed by atoms with Gasteiger partial charge in [0.05, 0.1) is 10.6 Å². The highest BCUT2D eigenvalue weighted by molar-refractivity contribution is 7.89. The Hall–Kier alpha value is -1.74. The molecule has 0 aromatic heterocycles. The second kappa shape index (κ2) is 8.18. The summed E-state index contributed by atoms with van der Waals surface area (Å²) in [6, 6.07) is 16.0. The molecule has 1 fully saturated rings. The molecule has 29 heavy (non-hydrogen) atoms. The zero-order valence-corrected chi connectivity index (χ0v) is 18.7. The maximum atomic E-state index is 13.0. The quantitative estimate of drug-likeness (QED) is 0.722. The first-order valence-corrected chi connectivity index (χ1v) is 12.7. The number of rotatable bonds is 5. The number of hydrogen-bond acceptors (Lipinski definition) is 4. The average molecular weight is 437 g/mol. The Bertz CT molecular complexity index is 1030. The molecular weight excluding hydrogens is 408 g/mol. The Kier molecular flexibility index (Phi) is 6.19. The summed E-state index contributed by atoms with van der Waals surface area (Å²) in [6.07, 6.45) is 0. The molecule has 1 saturated heterocycles. The third kappa shape index (κ3) is 5.06. The van der Waals surface area contributed by atoms with E-state index in [1.807, 2.05) is 18.2 Å². The summed E-state index contributed by atoms with van der Waals surface area (Å²) in [5.74, 6) is -0.0745. The van der Waals surface area contributed by atoms with Gasteiger partial charge in [-0.3, -0.25) is 0 Å². The number of sulfonamides is 2. The van der Waals surface area contributed by atoms with E-state index in [4.69, 9.17) is 0 Å². The van der Waals surface area contributed by atoms with Crippen LogP contribution in [0.4, 0.5) is 0 Å². The third-order valence-corrected chi connectivity index (χ3v) is 8.90. The molecule has 0 spiro atoms. The summed E-state index contributed by atoms with van der Waals surface area (Å²) in [5.41, 5.74) is 1.73. The fraction of sp³-hybridized carbons (Fsp3) is 0.429. The van der Waals surface area contributed by atoms with Gasteiger partial charge < -0.3 is 0 Å². The van der Waals surface area contributed by atoms with Crippen molar-refractivity contribution in [1.29, 1.82) is 0 Å². The molecule has 0 N–H and O–H groups in total. The van der Waals surface area contributed by atoms with Gasteiger partial charge in [-0.15, -0.1) is 0 Å². The van der Waals surface area contributed by atoms with Crippen molar-refractivity contribution in [1.82, 2.24) is 8.61 Å². The first kappa shape index (κ1) is 22.0. The fourth-order valence-corrected chi connectivity index (χ4v) is 6.28. The molecule has 1 aliphatic heterocycles. The smallest absolute Gasteiger partial charge is 0.212 e. The van der Waals surface area contributed by atoms with Crippen LogP contribution >= 0.6 is 0 Å². The van der Waals surface area contributed by atoms with Crippen LogP contribution in [0.2, 0.25) is 0 Å². The highest BCUT2D eigenvalue weighted by Crippen LogP contribution is 2.25. The van der Waals surface area contributed by atoms with Gasteiger partial charge in [0.15, 0.2) is 0 Å². The van der Waals surface area contributed by atoms with E-state index in [2.05, 4.69) is 20.8 Å². The van der Waals surface area contributed by atoms with Crippen molar-refractivity contribution in [3.05, 3.63) is 65.7 Å². The molecule has 1 aliphatic rings. The molecule has 0 saturated carbocycles. The molecule has 0 atom stereocenters. The first-order chi connectivity index (χ1) is 13.5. The molecule has 158 valence electrons. The van der Waals surface area contributed by atoms with Crippen LogP contribution in [0.1, 0.15) is 31.9 Å². The molecule has 0 unspecified atom stereocenters. The molecule has 1 heterocycles.